The molecule has 0 unspecified atom stereocenters. The van der Waals surface area contributed by atoms with E-state index >= 15 is 0 Å². The van der Waals surface area contributed by atoms with Crippen LogP contribution in [0, 0.1) is 0 Å². The number of Topliss-reactive ketones (excluding diaryl/α,β-unsaturated/α-hetero) is 4. The van der Waals surface area contributed by atoms with E-state index < -0.39 is 85.6 Å². The number of ether oxygens (including phenoxy) is 5. The molecule has 25 nitrogen and oxygen atoms in total. The molecule has 15 N–H and O–H groups in total. The summed E-state index contributed by atoms with van der Waals surface area (Å²) in [5.41, 5.74) is 1.31. The normalized spacial score (nSPS) is 42.3. The number of carbonyl (C=O) groups excluding carboxylic acids is 5. The lowest BCUT2D eigenvalue weighted by Crippen LogP contribution is -2.76. The van der Waals surface area contributed by atoms with E-state index in [-0.39, 0.29) is 87.9 Å². The molecule has 20 atom stereocenters. The van der Waals surface area contributed by atoms with E-state index in [0.717, 1.165) is 88.4 Å². The van der Waals surface area contributed by atoms with Gasteiger partial charge in [-0.15, -0.1) is 0 Å². The predicted octanol–water partition coefficient (Wildman–Crippen LogP) is 1.79. The molecule has 0 amide bonds. The molecule has 20 aliphatic rings. The average Bonchev–Trinajstić information content (AvgIpc) is 1.62. The van der Waals surface area contributed by atoms with E-state index in [4.69, 9.17) is 23.7 Å². The second-order valence-corrected chi connectivity index (χ2v) is 33.5. The standard InChI is InChI=1S/4C16H17NO4.C16H15NO4/c5*18-9-2-1-8-7-11-16(20)4-3-10(19)14-15(16,5-6-17-11)12(8)13(9)21-14/h4*1-2,11,14,17-18,20H,3-7H2;1-4,11,14,17-18,20H,5-7H2/t5*11-,14+,15+,16-/m11111/s1. The first kappa shape index (κ1) is 65.1. The van der Waals surface area contributed by atoms with Crippen molar-refractivity contribution in [2.24, 2.45) is 0 Å². The van der Waals surface area contributed by atoms with Crippen molar-refractivity contribution in [1.82, 2.24) is 26.6 Å². The lowest BCUT2D eigenvalue weighted by Gasteiger charge is -2.59. The molecule has 548 valence electrons. The molecule has 0 aromatic heterocycles. The molecule has 10 heterocycles. The van der Waals surface area contributed by atoms with Crippen LogP contribution in [0.4, 0.5) is 0 Å². The van der Waals surface area contributed by atoms with Crippen LogP contribution in [-0.2, 0) is 83.2 Å². The van der Waals surface area contributed by atoms with Crippen molar-refractivity contribution in [3.05, 3.63) is 128 Å². The van der Waals surface area contributed by atoms with Crippen LogP contribution in [0.1, 0.15) is 139 Å². The molecule has 25 heteroatoms. The molecule has 5 aromatic rings. The molecule has 10 aliphatic heterocycles. The van der Waals surface area contributed by atoms with Gasteiger partial charge < -0.3 is 101 Å². The maximum atomic E-state index is 12.4. The summed E-state index contributed by atoms with van der Waals surface area (Å²) in [6.07, 6.45) is 9.76. The molecule has 4 saturated carbocycles. The second-order valence-electron chi connectivity index (χ2n) is 33.5. The van der Waals surface area contributed by atoms with E-state index in [0.29, 0.717) is 144 Å². The third-order valence-electron chi connectivity index (χ3n) is 30.0. The smallest absolute Gasteiger partial charge is 0.196 e. The molecular formula is C80H83N5O20. The molecule has 25 rings (SSSR count). The van der Waals surface area contributed by atoms with Gasteiger partial charge in [-0.2, -0.15) is 0 Å². The first-order chi connectivity index (χ1) is 50.4. The van der Waals surface area contributed by atoms with Crippen LogP contribution in [0.2, 0.25) is 0 Å². The molecule has 0 radical (unpaired) electrons. The van der Waals surface area contributed by atoms with Gasteiger partial charge in [-0.05, 0) is 193 Å². The van der Waals surface area contributed by atoms with E-state index in [9.17, 15) is 75.0 Å². The molecular weight excluding hydrogens is 1350 g/mol. The quantitative estimate of drug-likeness (QED) is 0.105. The Bertz CT molecular complexity index is 4360. The molecule has 5 saturated heterocycles. The fraction of sp³-hybridized carbons (Fsp3) is 0.537. The SMILES string of the molecule is O=C1C=C[C@@]2(O)[C@H]3Cc4ccc(O)c5c4[C@@]2(CCN3)[C@H]1O5.O=C1CC[C@@]2(O)[C@H]3Cc4ccc(O)c5c4[C@@]2(CCN3)[C@H]1O5.O=C1CC[C@@]2(O)[C@H]3Cc4ccc(O)c5c4[C@@]2(CCN3)[C@H]1O5.O=C1CC[C@@]2(O)[C@H]3Cc4ccc(O)c5c4[C@@]2(CCN3)[C@H]1O5.O=C1CC[C@@]2(O)[C@H]3Cc4ccc(O)c5c4[C@@]2(CCN3)[C@H]1O5. The van der Waals surface area contributed by atoms with Crippen molar-refractivity contribution in [1.29, 1.82) is 0 Å². The van der Waals surface area contributed by atoms with E-state index in [1.807, 2.05) is 30.3 Å². The van der Waals surface area contributed by atoms with Crippen molar-refractivity contribution in [2.75, 3.05) is 32.7 Å². The highest BCUT2D eigenvalue weighted by molar-refractivity contribution is 5.99. The van der Waals surface area contributed by atoms with E-state index in [1.165, 1.54) is 6.08 Å². The number of aromatic hydroxyl groups is 5. The van der Waals surface area contributed by atoms with Crippen LogP contribution in [-0.4, -0.2) is 201 Å². The van der Waals surface area contributed by atoms with Crippen LogP contribution in [0.25, 0.3) is 0 Å². The highest BCUT2D eigenvalue weighted by Gasteiger charge is 2.77. The average molecular weight is 1430 g/mol. The van der Waals surface area contributed by atoms with Crippen molar-refractivity contribution >= 4 is 28.9 Å². The van der Waals surface area contributed by atoms with Gasteiger partial charge in [0.05, 0.1) is 49.5 Å². The summed E-state index contributed by atoms with van der Waals surface area (Å²) < 4.78 is 29.4. The summed E-state index contributed by atoms with van der Waals surface area (Å²) in [4.78, 5) is 62.1. The van der Waals surface area contributed by atoms with Crippen molar-refractivity contribution < 1.29 is 98.7 Å². The molecule has 5 aromatic carbocycles. The number of hydrogen-bond donors (Lipinski definition) is 15. The molecule has 5 spiro atoms. The third kappa shape index (κ3) is 7.43. The lowest BCUT2D eigenvalue weighted by atomic mass is 9.49. The van der Waals surface area contributed by atoms with Gasteiger partial charge in [0.15, 0.2) is 117 Å². The molecule has 105 heavy (non-hydrogen) atoms. The van der Waals surface area contributed by atoms with Gasteiger partial charge in [-0.1, -0.05) is 30.3 Å². The molecule has 9 fully saturated rings. The summed E-state index contributed by atoms with van der Waals surface area (Å²) in [7, 11) is 0. The van der Waals surface area contributed by atoms with Crippen LogP contribution < -0.4 is 50.3 Å². The van der Waals surface area contributed by atoms with Gasteiger partial charge in [-0.25, -0.2) is 0 Å². The number of benzene rings is 5. The summed E-state index contributed by atoms with van der Waals surface area (Å²) in [6.45, 7) is 3.76. The van der Waals surface area contributed by atoms with Crippen LogP contribution in [0.3, 0.4) is 0 Å². The fourth-order valence-electron chi connectivity index (χ4n) is 25.7. The Hall–Kier alpha value is -8.21. The third-order valence-corrected chi connectivity index (χ3v) is 30.0. The number of rotatable bonds is 0. The number of ketones is 5. The predicted molar refractivity (Wildman–Crippen MR) is 367 cm³/mol. The van der Waals surface area contributed by atoms with Gasteiger partial charge in [0, 0.05) is 83.7 Å². The van der Waals surface area contributed by atoms with Gasteiger partial charge in [0.1, 0.15) is 5.60 Å². The van der Waals surface area contributed by atoms with Crippen molar-refractivity contribution in [3.8, 4) is 57.5 Å². The Labute approximate surface area is 601 Å². The minimum atomic E-state index is -1.14. The zero-order valence-electron chi connectivity index (χ0n) is 57.5. The van der Waals surface area contributed by atoms with Gasteiger partial charge >= 0.3 is 0 Å². The van der Waals surface area contributed by atoms with Crippen LogP contribution in [0.5, 0.6) is 57.5 Å². The lowest BCUT2D eigenvalue weighted by molar-refractivity contribution is -0.166. The summed E-state index contributed by atoms with van der Waals surface area (Å²) in [5, 5.41) is 125. The maximum absolute atomic E-state index is 12.4. The number of hydrogen-bond acceptors (Lipinski definition) is 25. The highest BCUT2D eigenvalue weighted by Crippen LogP contribution is 2.69. The van der Waals surface area contributed by atoms with Crippen LogP contribution in [0.15, 0.2) is 72.8 Å². The molecule has 10 aliphatic carbocycles. The summed E-state index contributed by atoms with van der Waals surface area (Å²) in [6, 6.07) is 17.3. The largest absolute Gasteiger partial charge is 0.504 e. The first-order valence-corrected chi connectivity index (χ1v) is 37.6. The minimum absolute atomic E-state index is 0.0452. The van der Waals surface area contributed by atoms with Gasteiger partial charge in [0.25, 0.3) is 0 Å². The highest BCUT2D eigenvalue weighted by atomic mass is 16.5. The minimum Gasteiger partial charge on any atom is -0.504 e. The fourth-order valence-corrected chi connectivity index (χ4v) is 25.7. The summed E-state index contributed by atoms with van der Waals surface area (Å²) in [5.74, 6) is 2.46. The Balaban J connectivity index is 0.0000000846. The number of phenolic OH excluding ortho intramolecular Hbond substituents is 5. The number of piperidine rings is 5. The Morgan fingerprint density at radius 1 is 0.305 bits per heavy atom. The first-order valence-electron chi connectivity index (χ1n) is 37.6. The molecule has 10 bridgehead atoms. The second kappa shape index (κ2) is 21.1. The van der Waals surface area contributed by atoms with E-state index in [2.05, 4.69) is 26.6 Å². The van der Waals surface area contributed by atoms with E-state index in [1.54, 1.807) is 36.4 Å². The number of nitrogens with one attached hydrogen (secondary N) is 5. The Morgan fingerprint density at radius 2 is 0.543 bits per heavy atom. The number of aliphatic hydroxyl groups is 5. The number of phenols is 5. The Kier molecular flexibility index (Phi) is 13.1. The zero-order valence-corrected chi connectivity index (χ0v) is 57.5. The van der Waals surface area contributed by atoms with Gasteiger partial charge in [-0.3, -0.25) is 24.0 Å². The van der Waals surface area contributed by atoms with Crippen LogP contribution >= 0.6 is 0 Å². The number of carbonyl (C=O) groups is 5. The monoisotopic (exact) mass is 1430 g/mol. The maximum Gasteiger partial charge on any atom is 0.196 e. The van der Waals surface area contributed by atoms with Crippen molar-refractivity contribution in [3.63, 3.8) is 0 Å². The Morgan fingerprint density at radius 3 is 0.829 bits per heavy atom. The summed E-state index contributed by atoms with van der Waals surface area (Å²) >= 11 is 0. The topological polar surface area (TPSA) is 394 Å². The van der Waals surface area contributed by atoms with Gasteiger partial charge in [0.2, 0.25) is 0 Å². The van der Waals surface area contributed by atoms with Crippen molar-refractivity contribution in [2.45, 2.75) is 231 Å². The zero-order chi connectivity index (χ0) is 72.0.